The Balaban J connectivity index is 1.76. The lowest BCUT2D eigenvalue weighted by Crippen LogP contribution is -2.37. The maximum absolute atomic E-state index is 9.79. The topological polar surface area (TPSA) is 80.6 Å². The summed E-state index contributed by atoms with van der Waals surface area (Å²) < 4.78 is 10.5. The van der Waals surface area contributed by atoms with E-state index in [1.807, 2.05) is 48.5 Å². The molecule has 0 bridgehead atoms. The Labute approximate surface area is 170 Å². The first-order valence-electron chi connectivity index (χ1n) is 9.64. The quantitative estimate of drug-likeness (QED) is 0.714. The van der Waals surface area contributed by atoms with E-state index in [0.29, 0.717) is 37.6 Å². The van der Waals surface area contributed by atoms with Crippen molar-refractivity contribution in [3.63, 3.8) is 0 Å². The van der Waals surface area contributed by atoms with Crippen LogP contribution in [0, 0.1) is 0 Å². The molecule has 4 rings (SSSR count). The van der Waals surface area contributed by atoms with Crippen LogP contribution in [0.2, 0.25) is 0 Å². The van der Waals surface area contributed by atoms with Crippen LogP contribution in [0.4, 0.5) is 5.95 Å². The van der Waals surface area contributed by atoms with Crippen molar-refractivity contribution < 1.29 is 14.6 Å². The van der Waals surface area contributed by atoms with Crippen molar-refractivity contribution in [2.45, 2.75) is 18.9 Å². The number of rotatable bonds is 5. The highest BCUT2D eigenvalue weighted by Crippen LogP contribution is 2.32. The third kappa shape index (κ3) is 4.14. The molecular formula is C22H24N4O3. The van der Waals surface area contributed by atoms with E-state index in [4.69, 9.17) is 14.5 Å². The molecule has 1 aromatic heterocycles. The van der Waals surface area contributed by atoms with Crippen molar-refractivity contribution >= 4 is 5.95 Å². The minimum Gasteiger partial charge on any atom is -0.497 e. The molecule has 150 valence electrons. The molecule has 2 heterocycles. The molecule has 0 unspecified atom stereocenters. The summed E-state index contributed by atoms with van der Waals surface area (Å²) in [4.78, 5) is 6.94. The number of anilines is 1. The molecule has 1 aliphatic rings. The minimum absolute atomic E-state index is 0.251. The third-order valence-electron chi connectivity index (χ3n) is 5.15. The lowest BCUT2D eigenvalue weighted by atomic mass is 10.0. The van der Waals surface area contributed by atoms with Crippen molar-refractivity contribution in [3.05, 3.63) is 48.5 Å². The van der Waals surface area contributed by atoms with Gasteiger partial charge in [-0.2, -0.15) is 0 Å². The fourth-order valence-electron chi connectivity index (χ4n) is 3.41. The van der Waals surface area contributed by atoms with Crippen LogP contribution >= 0.6 is 0 Å². The Morgan fingerprint density at radius 1 is 0.793 bits per heavy atom. The first kappa shape index (κ1) is 19.1. The highest BCUT2D eigenvalue weighted by atomic mass is 16.5. The molecule has 2 aromatic carbocycles. The molecule has 0 aliphatic carbocycles. The summed E-state index contributed by atoms with van der Waals surface area (Å²) in [5, 5.41) is 18.7. The summed E-state index contributed by atoms with van der Waals surface area (Å²) in [7, 11) is 3.29. The Morgan fingerprint density at radius 2 is 1.31 bits per heavy atom. The van der Waals surface area contributed by atoms with Crippen LogP contribution in [0.3, 0.4) is 0 Å². The Morgan fingerprint density at radius 3 is 1.83 bits per heavy atom. The van der Waals surface area contributed by atoms with Crippen molar-refractivity contribution in [1.29, 1.82) is 0 Å². The number of benzene rings is 2. The first-order chi connectivity index (χ1) is 14.2. The van der Waals surface area contributed by atoms with Gasteiger partial charge in [-0.3, -0.25) is 0 Å². The summed E-state index contributed by atoms with van der Waals surface area (Å²) in [6.07, 6.45) is 1.17. The normalized spacial score (nSPS) is 14.7. The standard InChI is InChI=1S/C22H24N4O3/c1-28-18-7-3-15(4-8-18)20-21(16-5-9-19(29-2)10-6-16)24-25-22(23-20)26-13-11-17(27)12-14-26/h3-10,17,27H,11-14H2,1-2H3. The van der Waals surface area contributed by atoms with Crippen LogP contribution in [0.15, 0.2) is 48.5 Å². The number of nitrogens with zero attached hydrogens (tertiary/aromatic N) is 4. The second-order valence-electron chi connectivity index (χ2n) is 6.98. The van der Waals surface area contributed by atoms with E-state index in [9.17, 15) is 5.11 Å². The summed E-state index contributed by atoms with van der Waals surface area (Å²) in [6.45, 7) is 1.43. The molecule has 29 heavy (non-hydrogen) atoms. The smallest absolute Gasteiger partial charge is 0.245 e. The molecule has 0 amide bonds. The molecule has 0 saturated carbocycles. The van der Waals surface area contributed by atoms with Gasteiger partial charge in [0.05, 0.1) is 20.3 Å². The van der Waals surface area contributed by atoms with Gasteiger partial charge in [0, 0.05) is 24.2 Å². The maximum Gasteiger partial charge on any atom is 0.245 e. The van der Waals surface area contributed by atoms with Crippen molar-refractivity contribution in [2.75, 3.05) is 32.2 Å². The van der Waals surface area contributed by atoms with Gasteiger partial charge in [0.15, 0.2) is 0 Å². The molecule has 1 aliphatic heterocycles. The zero-order valence-electron chi connectivity index (χ0n) is 16.6. The van der Waals surface area contributed by atoms with Crippen molar-refractivity contribution in [3.8, 4) is 34.0 Å². The van der Waals surface area contributed by atoms with Crippen LogP contribution in [0.5, 0.6) is 11.5 Å². The average Bonchev–Trinajstić information content (AvgIpc) is 2.79. The molecule has 7 nitrogen and oxygen atoms in total. The van der Waals surface area contributed by atoms with Gasteiger partial charge in [-0.25, -0.2) is 4.98 Å². The number of ether oxygens (including phenoxy) is 2. The largest absolute Gasteiger partial charge is 0.497 e. The van der Waals surface area contributed by atoms with Crippen molar-refractivity contribution in [1.82, 2.24) is 15.2 Å². The number of piperidine rings is 1. The molecule has 0 atom stereocenters. The van der Waals surface area contributed by atoms with E-state index in [1.165, 1.54) is 0 Å². The van der Waals surface area contributed by atoms with Crippen LogP contribution in [0.1, 0.15) is 12.8 Å². The van der Waals surface area contributed by atoms with Gasteiger partial charge in [-0.05, 0) is 61.4 Å². The highest BCUT2D eigenvalue weighted by molar-refractivity contribution is 5.78. The number of hydrogen-bond donors (Lipinski definition) is 1. The predicted molar refractivity (Wildman–Crippen MR) is 111 cm³/mol. The zero-order chi connectivity index (χ0) is 20.2. The molecule has 1 saturated heterocycles. The van der Waals surface area contributed by atoms with Crippen LogP contribution in [-0.4, -0.2) is 53.7 Å². The molecule has 0 spiro atoms. The number of aliphatic hydroxyl groups excluding tert-OH is 1. The van der Waals surface area contributed by atoms with Gasteiger partial charge in [-0.15, -0.1) is 10.2 Å². The maximum atomic E-state index is 9.79. The van der Waals surface area contributed by atoms with Gasteiger partial charge in [-0.1, -0.05) is 0 Å². The SMILES string of the molecule is COc1ccc(-c2nnc(N3CCC(O)CC3)nc2-c2ccc(OC)cc2)cc1. The fourth-order valence-corrected chi connectivity index (χ4v) is 3.41. The Bertz CT molecular complexity index is 953. The van der Waals surface area contributed by atoms with Gasteiger partial charge in [0.1, 0.15) is 22.9 Å². The predicted octanol–water partition coefficient (Wildman–Crippen LogP) is 3.18. The second-order valence-corrected chi connectivity index (χ2v) is 6.98. The summed E-state index contributed by atoms with van der Waals surface area (Å²) >= 11 is 0. The van der Waals surface area contributed by atoms with Gasteiger partial charge >= 0.3 is 0 Å². The molecular weight excluding hydrogens is 368 g/mol. The molecule has 1 N–H and O–H groups in total. The number of aliphatic hydroxyl groups is 1. The average molecular weight is 392 g/mol. The van der Waals surface area contributed by atoms with E-state index in [1.54, 1.807) is 14.2 Å². The Kier molecular flexibility index (Phi) is 5.57. The fraction of sp³-hybridized carbons (Fsp3) is 0.318. The van der Waals surface area contributed by atoms with Crippen LogP contribution < -0.4 is 14.4 Å². The molecule has 7 heteroatoms. The van der Waals surface area contributed by atoms with E-state index in [0.717, 1.165) is 28.3 Å². The Hall–Kier alpha value is -3.19. The molecule has 3 aromatic rings. The van der Waals surface area contributed by atoms with Gasteiger partial charge in [0.25, 0.3) is 0 Å². The number of aromatic nitrogens is 3. The van der Waals surface area contributed by atoms with Gasteiger partial charge < -0.3 is 19.5 Å². The summed E-state index contributed by atoms with van der Waals surface area (Å²) in [6, 6.07) is 15.5. The molecule has 1 fully saturated rings. The van der Waals surface area contributed by atoms with Crippen LogP contribution in [0.25, 0.3) is 22.5 Å². The summed E-state index contributed by atoms with van der Waals surface area (Å²) in [5.41, 5.74) is 3.31. The first-order valence-corrected chi connectivity index (χ1v) is 9.64. The minimum atomic E-state index is -0.251. The van der Waals surface area contributed by atoms with E-state index in [-0.39, 0.29) is 6.10 Å². The second kappa shape index (κ2) is 8.45. The van der Waals surface area contributed by atoms with E-state index in [2.05, 4.69) is 15.1 Å². The highest BCUT2D eigenvalue weighted by Gasteiger charge is 2.22. The van der Waals surface area contributed by atoms with E-state index >= 15 is 0 Å². The monoisotopic (exact) mass is 392 g/mol. The number of hydrogen-bond acceptors (Lipinski definition) is 7. The van der Waals surface area contributed by atoms with E-state index < -0.39 is 0 Å². The summed E-state index contributed by atoms with van der Waals surface area (Å²) in [5.74, 6) is 2.15. The lowest BCUT2D eigenvalue weighted by molar-refractivity contribution is 0.145. The lowest BCUT2D eigenvalue weighted by Gasteiger charge is -2.29. The van der Waals surface area contributed by atoms with Crippen LogP contribution in [-0.2, 0) is 0 Å². The third-order valence-corrected chi connectivity index (χ3v) is 5.15. The van der Waals surface area contributed by atoms with Crippen molar-refractivity contribution in [2.24, 2.45) is 0 Å². The number of methoxy groups -OCH3 is 2. The molecule has 0 radical (unpaired) electrons. The van der Waals surface area contributed by atoms with Gasteiger partial charge in [0.2, 0.25) is 5.95 Å². The zero-order valence-corrected chi connectivity index (χ0v) is 16.6.